The van der Waals surface area contributed by atoms with Gasteiger partial charge in [0.2, 0.25) is 0 Å². The molecule has 1 N–H and O–H groups in total. The normalized spacial score (nSPS) is 14.3. The summed E-state index contributed by atoms with van der Waals surface area (Å²) in [6.45, 7) is 6.30. The van der Waals surface area contributed by atoms with Crippen LogP contribution < -0.4 is 10.1 Å². The van der Waals surface area contributed by atoms with Gasteiger partial charge in [0.05, 0.1) is 12.2 Å². The fourth-order valence-corrected chi connectivity index (χ4v) is 3.77. The lowest BCUT2D eigenvalue weighted by Crippen LogP contribution is -2.31. The predicted octanol–water partition coefficient (Wildman–Crippen LogP) is 5.75. The molecule has 3 rings (SSSR count). The van der Waals surface area contributed by atoms with Gasteiger partial charge < -0.3 is 15.0 Å². The van der Waals surface area contributed by atoms with Crippen LogP contribution in [0, 0.1) is 5.92 Å². The molecule has 0 saturated carbocycles. The van der Waals surface area contributed by atoms with E-state index in [9.17, 15) is 9.59 Å². The Morgan fingerprint density at radius 3 is 2.33 bits per heavy atom. The summed E-state index contributed by atoms with van der Waals surface area (Å²) in [6, 6.07) is 12.5. The largest absolute Gasteiger partial charge is 0.492 e. The van der Waals surface area contributed by atoms with Gasteiger partial charge in [-0.2, -0.15) is 0 Å². The first-order valence-corrected chi connectivity index (χ1v) is 11.4. The average Bonchev–Trinajstić information content (AvgIpc) is 3.02. The van der Waals surface area contributed by atoms with E-state index >= 15 is 0 Å². The van der Waals surface area contributed by atoms with Crippen molar-refractivity contribution in [3.8, 4) is 5.75 Å². The molecular formula is C24H29BrN2O3. The second kappa shape index (κ2) is 10.6. The van der Waals surface area contributed by atoms with Crippen molar-refractivity contribution in [1.29, 1.82) is 0 Å². The highest BCUT2D eigenvalue weighted by atomic mass is 79.9. The quantitative estimate of drug-likeness (QED) is 0.581. The molecule has 1 saturated heterocycles. The number of carbonyl (C=O) groups is 2. The molecule has 2 aromatic carbocycles. The molecule has 0 atom stereocenters. The van der Waals surface area contributed by atoms with Crippen LogP contribution in [0.4, 0.5) is 5.69 Å². The van der Waals surface area contributed by atoms with Crippen molar-refractivity contribution in [1.82, 2.24) is 4.90 Å². The predicted molar refractivity (Wildman–Crippen MR) is 123 cm³/mol. The van der Waals surface area contributed by atoms with Gasteiger partial charge in [0.25, 0.3) is 11.8 Å². The molecule has 0 radical (unpaired) electrons. The number of anilines is 1. The number of likely N-dealkylation sites (tertiary alicyclic amines) is 1. The highest BCUT2D eigenvalue weighted by Gasteiger charge is 2.18. The highest BCUT2D eigenvalue weighted by Crippen LogP contribution is 2.25. The van der Waals surface area contributed by atoms with E-state index < -0.39 is 0 Å². The van der Waals surface area contributed by atoms with Crippen LogP contribution in [-0.4, -0.2) is 36.4 Å². The number of nitrogens with zero attached hydrogens (tertiary/aromatic N) is 1. The summed E-state index contributed by atoms with van der Waals surface area (Å²) < 4.78 is 6.62. The Bertz CT molecular complexity index is 873. The fourth-order valence-electron chi connectivity index (χ4n) is 3.41. The Morgan fingerprint density at radius 1 is 1.03 bits per heavy atom. The van der Waals surface area contributed by atoms with Gasteiger partial charge >= 0.3 is 0 Å². The molecule has 0 aromatic heterocycles. The maximum Gasteiger partial charge on any atom is 0.259 e. The molecule has 0 bridgehead atoms. The lowest BCUT2D eigenvalue weighted by molar-refractivity contribution is 0.0761. The standard InChI is InChI=1S/C24H29BrN2O3/c1-17(2)16-30-22-12-9-19(25)15-21(22)23(28)26-20-10-7-18(8-11-20)24(29)27-13-5-3-4-6-14-27/h7-12,15,17H,3-6,13-14,16H2,1-2H3,(H,26,28). The maximum atomic E-state index is 12.8. The van der Waals surface area contributed by atoms with E-state index in [1.165, 1.54) is 12.8 Å². The summed E-state index contributed by atoms with van der Waals surface area (Å²) in [7, 11) is 0. The Hall–Kier alpha value is -2.34. The van der Waals surface area contributed by atoms with E-state index in [-0.39, 0.29) is 11.8 Å². The van der Waals surface area contributed by atoms with Crippen LogP contribution in [0.25, 0.3) is 0 Å². The number of rotatable bonds is 6. The van der Waals surface area contributed by atoms with Crippen molar-refractivity contribution in [2.75, 3.05) is 25.0 Å². The van der Waals surface area contributed by atoms with Gasteiger partial charge in [-0.15, -0.1) is 0 Å². The van der Waals surface area contributed by atoms with E-state index in [0.717, 1.165) is 30.4 Å². The zero-order valence-corrected chi connectivity index (χ0v) is 19.2. The molecule has 30 heavy (non-hydrogen) atoms. The number of amides is 2. The maximum absolute atomic E-state index is 12.8. The molecule has 2 aromatic rings. The topological polar surface area (TPSA) is 58.6 Å². The SMILES string of the molecule is CC(C)COc1ccc(Br)cc1C(=O)Nc1ccc(C(=O)N2CCCCCC2)cc1. The molecule has 0 unspecified atom stereocenters. The molecule has 160 valence electrons. The summed E-state index contributed by atoms with van der Waals surface area (Å²) in [6.07, 6.45) is 4.50. The van der Waals surface area contributed by atoms with Crippen molar-refractivity contribution in [2.24, 2.45) is 5.92 Å². The third-order valence-electron chi connectivity index (χ3n) is 5.04. The van der Waals surface area contributed by atoms with Crippen LogP contribution in [0.2, 0.25) is 0 Å². The molecule has 1 aliphatic rings. The van der Waals surface area contributed by atoms with Crippen LogP contribution in [0.5, 0.6) is 5.75 Å². The smallest absolute Gasteiger partial charge is 0.259 e. The van der Waals surface area contributed by atoms with Gasteiger partial charge in [0.15, 0.2) is 0 Å². The lowest BCUT2D eigenvalue weighted by Gasteiger charge is -2.20. The Kier molecular flexibility index (Phi) is 7.91. The Balaban J connectivity index is 1.68. The summed E-state index contributed by atoms with van der Waals surface area (Å²) in [4.78, 5) is 27.5. The first-order chi connectivity index (χ1) is 14.4. The van der Waals surface area contributed by atoms with Crippen molar-refractivity contribution in [3.63, 3.8) is 0 Å². The monoisotopic (exact) mass is 472 g/mol. The number of halogens is 1. The summed E-state index contributed by atoms with van der Waals surface area (Å²) in [5.74, 6) is 0.726. The van der Waals surface area contributed by atoms with Crippen LogP contribution in [0.1, 0.15) is 60.2 Å². The molecule has 1 fully saturated rings. The van der Waals surface area contributed by atoms with Crippen molar-refractivity contribution >= 4 is 33.4 Å². The first kappa shape index (κ1) is 22.3. The van der Waals surface area contributed by atoms with E-state index in [0.29, 0.717) is 35.1 Å². The van der Waals surface area contributed by atoms with Gasteiger partial charge in [-0.05, 0) is 61.2 Å². The second-order valence-electron chi connectivity index (χ2n) is 8.08. The van der Waals surface area contributed by atoms with Crippen molar-refractivity contribution < 1.29 is 14.3 Å². The van der Waals surface area contributed by atoms with E-state index in [4.69, 9.17) is 4.74 Å². The van der Waals surface area contributed by atoms with Crippen LogP contribution in [0.15, 0.2) is 46.9 Å². The van der Waals surface area contributed by atoms with Gasteiger partial charge in [-0.25, -0.2) is 0 Å². The van der Waals surface area contributed by atoms with Gasteiger partial charge in [0.1, 0.15) is 5.75 Å². The summed E-state index contributed by atoms with van der Waals surface area (Å²) >= 11 is 3.42. The van der Waals surface area contributed by atoms with Crippen molar-refractivity contribution in [2.45, 2.75) is 39.5 Å². The van der Waals surface area contributed by atoms with Crippen LogP contribution in [0.3, 0.4) is 0 Å². The summed E-state index contributed by atoms with van der Waals surface area (Å²) in [5.41, 5.74) is 1.76. The van der Waals surface area contributed by atoms with E-state index in [1.54, 1.807) is 36.4 Å². The number of nitrogens with one attached hydrogen (secondary N) is 1. The molecule has 0 spiro atoms. The van der Waals surface area contributed by atoms with Crippen LogP contribution >= 0.6 is 15.9 Å². The highest BCUT2D eigenvalue weighted by molar-refractivity contribution is 9.10. The van der Waals surface area contributed by atoms with Gasteiger partial charge in [-0.3, -0.25) is 9.59 Å². The molecule has 6 heteroatoms. The number of hydrogen-bond acceptors (Lipinski definition) is 3. The minimum atomic E-state index is -0.248. The Labute approximate surface area is 186 Å². The second-order valence-corrected chi connectivity index (χ2v) is 9.00. The average molecular weight is 473 g/mol. The lowest BCUT2D eigenvalue weighted by atomic mass is 10.1. The number of benzene rings is 2. The number of ether oxygens (including phenoxy) is 1. The van der Waals surface area contributed by atoms with E-state index in [1.807, 2.05) is 11.0 Å². The summed E-state index contributed by atoms with van der Waals surface area (Å²) in [5, 5.41) is 2.90. The van der Waals surface area contributed by atoms with Gasteiger partial charge in [-0.1, -0.05) is 42.6 Å². The molecule has 2 amide bonds. The minimum absolute atomic E-state index is 0.0612. The first-order valence-electron chi connectivity index (χ1n) is 10.6. The number of carbonyl (C=O) groups excluding carboxylic acids is 2. The molecule has 0 aliphatic carbocycles. The third-order valence-corrected chi connectivity index (χ3v) is 5.53. The van der Waals surface area contributed by atoms with Gasteiger partial charge in [0, 0.05) is 28.8 Å². The van der Waals surface area contributed by atoms with Crippen molar-refractivity contribution in [3.05, 3.63) is 58.1 Å². The molecule has 5 nitrogen and oxygen atoms in total. The minimum Gasteiger partial charge on any atom is -0.492 e. The zero-order chi connectivity index (χ0) is 21.5. The third kappa shape index (κ3) is 6.08. The van der Waals surface area contributed by atoms with Crippen LogP contribution in [-0.2, 0) is 0 Å². The number of hydrogen-bond donors (Lipinski definition) is 1. The zero-order valence-electron chi connectivity index (χ0n) is 17.6. The Morgan fingerprint density at radius 2 is 1.70 bits per heavy atom. The van der Waals surface area contributed by atoms with E-state index in [2.05, 4.69) is 35.1 Å². The molecule has 1 aliphatic heterocycles. The molecular weight excluding hydrogens is 444 g/mol. The fraction of sp³-hybridized carbons (Fsp3) is 0.417. The molecule has 1 heterocycles.